The van der Waals surface area contributed by atoms with Gasteiger partial charge >= 0.3 is 0 Å². The molecule has 0 spiro atoms. The molecule has 72 valence electrons. The maximum atomic E-state index is 6.08. The fourth-order valence-corrected chi connectivity index (χ4v) is 1.83. The summed E-state index contributed by atoms with van der Waals surface area (Å²) in [6.45, 7) is 0. The van der Waals surface area contributed by atoms with E-state index < -0.39 is 0 Å². The van der Waals surface area contributed by atoms with Crippen molar-refractivity contribution in [1.82, 2.24) is 9.55 Å². The molecule has 2 rings (SSSR count). The van der Waals surface area contributed by atoms with Crippen LogP contribution in [0.25, 0.3) is 11.3 Å². The number of hydrogen-bond acceptors (Lipinski definition) is 1. The number of aromatic nitrogens is 2. The molecular formula is C10H8BrClN2. The van der Waals surface area contributed by atoms with Crippen LogP contribution in [0.3, 0.4) is 0 Å². The molecule has 4 heteroatoms. The Kier molecular flexibility index (Phi) is 2.61. The molecule has 0 unspecified atom stereocenters. The van der Waals surface area contributed by atoms with E-state index in [0.717, 1.165) is 21.0 Å². The van der Waals surface area contributed by atoms with Gasteiger partial charge in [0.1, 0.15) is 0 Å². The first-order valence-corrected chi connectivity index (χ1v) is 5.29. The third kappa shape index (κ3) is 1.57. The van der Waals surface area contributed by atoms with Crippen LogP contribution >= 0.6 is 27.5 Å². The van der Waals surface area contributed by atoms with Gasteiger partial charge in [0.2, 0.25) is 0 Å². The molecule has 0 aliphatic carbocycles. The zero-order chi connectivity index (χ0) is 10.1. The molecular weight excluding hydrogens is 263 g/mol. The number of benzene rings is 1. The Balaban J connectivity index is 2.60. The van der Waals surface area contributed by atoms with Gasteiger partial charge in [-0.1, -0.05) is 29.8 Å². The van der Waals surface area contributed by atoms with E-state index in [0.29, 0.717) is 0 Å². The Morgan fingerprint density at radius 2 is 2.07 bits per heavy atom. The Hall–Kier alpha value is -0.800. The van der Waals surface area contributed by atoms with Crippen LogP contribution in [0, 0.1) is 0 Å². The maximum absolute atomic E-state index is 6.08. The molecule has 0 amide bonds. The minimum atomic E-state index is 0.739. The molecule has 1 aromatic heterocycles. The lowest BCUT2D eigenvalue weighted by Gasteiger charge is -2.04. The Labute approximate surface area is 95.7 Å². The first-order chi connectivity index (χ1) is 6.70. The van der Waals surface area contributed by atoms with Crippen molar-refractivity contribution in [1.29, 1.82) is 0 Å². The third-order valence-corrected chi connectivity index (χ3v) is 3.15. The molecule has 0 saturated heterocycles. The van der Waals surface area contributed by atoms with Crippen molar-refractivity contribution >= 4 is 27.5 Å². The number of nitrogens with zero attached hydrogens (tertiary/aromatic N) is 2. The fourth-order valence-electron chi connectivity index (χ4n) is 1.31. The molecule has 0 radical (unpaired) electrons. The SMILES string of the molecule is Cn1c(-c2ccccc2Cl)cnc1Br. The van der Waals surface area contributed by atoms with Gasteiger partial charge in [-0.15, -0.1) is 0 Å². The summed E-state index contributed by atoms with van der Waals surface area (Å²) in [4.78, 5) is 4.15. The number of imidazole rings is 1. The third-order valence-electron chi connectivity index (χ3n) is 2.08. The van der Waals surface area contributed by atoms with Gasteiger partial charge in [0.15, 0.2) is 4.73 Å². The summed E-state index contributed by atoms with van der Waals surface area (Å²) < 4.78 is 2.74. The van der Waals surface area contributed by atoms with Gasteiger partial charge in [-0.3, -0.25) is 0 Å². The predicted molar refractivity (Wildman–Crippen MR) is 61.4 cm³/mol. The quantitative estimate of drug-likeness (QED) is 0.776. The topological polar surface area (TPSA) is 17.8 Å². The first-order valence-electron chi connectivity index (χ1n) is 4.12. The molecule has 0 aliphatic rings. The van der Waals surface area contributed by atoms with Crippen molar-refractivity contribution < 1.29 is 0 Å². The van der Waals surface area contributed by atoms with E-state index in [-0.39, 0.29) is 0 Å². The van der Waals surface area contributed by atoms with Crippen molar-refractivity contribution in [2.75, 3.05) is 0 Å². The van der Waals surface area contributed by atoms with Crippen LogP contribution in [-0.4, -0.2) is 9.55 Å². The predicted octanol–water partition coefficient (Wildman–Crippen LogP) is 3.50. The van der Waals surface area contributed by atoms with Crippen LogP contribution in [-0.2, 0) is 7.05 Å². The lowest BCUT2D eigenvalue weighted by molar-refractivity contribution is 0.889. The molecule has 0 bridgehead atoms. The first kappa shape index (κ1) is 9.74. The van der Waals surface area contributed by atoms with Gasteiger partial charge in [-0.25, -0.2) is 4.98 Å². The highest BCUT2D eigenvalue weighted by atomic mass is 79.9. The van der Waals surface area contributed by atoms with Gasteiger partial charge in [0.25, 0.3) is 0 Å². The van der Waals surface area contributed by atoms with E-state index in [1.165, 1.54) is 0 Å². The fraction of sp³-hybridized carbons (Fsp3) is 0.100. The van der Waals surface area contributed by atoms with Gasteiger partial charge in [-0.2, -0.15) is 0 Å². The smallest absolute Gasteiger partial charge is 0.177 e. The van der Waals surface area contributed by atoms with E-state index in [9.17, 15) is 0 Å². The Morgan fingerprint density at radius 3 is 2.64 bits per heavy atom. The zero-order valence-corrected chi connectivity index (χ0v) is 9.88. The van der Waals surface area contributed by atoms with Crippen LogP contribution in [0.2, 0.25) is 5.02 Å². The summed E-state index contributed by atoms with van der Waals surface area (Å²) in [6.07, 6.45) is 1.80. The van der Waals surface area contributed by atoms with Crippen molar-refractivity contribution in [2.24, 2.45) is 7.05 Å². The highest BCUT2D eigenvalue weighted by molar-refractivity contribution is 9.10. The number of halogens is 2. The van der Waals surface area contributed by atoms with Gasteiger partial charge in [0, 0.05) is 17.6 Å². The maximum Gasteiger partial charge on any atom is 0.177 e. The summed E-state index contributed by atoms with van der Waals surface area (Å²) in [5, 5.41) is 0.739. The molecule has 2 nitrogen and oxygen atoms in total. The summed E-state index contributed by atoms with van der Waals surface area (Å²) in [6, 6.07) is 7.73. The minimum absolute atomic E-state index is 0.739. The van der Waals surface area contributed by atoms with E-state index in [1.54, 1.807) is 6.20 Å². The van der Waals surface area contributed by atoms with Crippen molar-refractivity contribution in [3.63, 3.8) is 0 Å². The van der Waals surface area contributed by atoms with Crippen LogP contribution < -0.4 is 0 Å². The highest BCUT2D eigenvalue weighted by Crippen LogP contribution is 2.28. The lowest BCUT2D eigenvalue weighted by atomic mass is 10.2. The zero-order valence-electron chi connectivity index (χ0n) is 7.54. The normalized spacial score (nSPS) is 10.5. The Bertz CT molecular complexity index is 465. The van der Waals surface area contributed by atoms with Crippen LogP contribution in [0.4, 0.5) is 0 Å². The molecule has 1 heterocycles. The summed E-state index contributed by atoms with van der Waals surface area (Å²) >= 11 is 9.43. The average Bonchev–Trinajstić information content (AvgIpc) is 2.49. The standard InChI is InChI=1S/C10H8BrClN2/c1-14-9(6-13-10(14)11)7-4-2-3-5-8(7)12/h2-6H,1H3. The summed E-state index contributed by atoms with van der Waals surface area (Å²) in [7, 11) is 1.94. The van der Waals surface area contributed by atoms with E-state index in [4.69, 9.17) is 11.6 Å². The number of hydrogen-bond donors (Lipinski definition) is 0. The highest BCUT2D eigenvalue weighted by Gasteiger charge is 2.08. The second-order valence-electron chi connectivity index (χ2n) is 2.95. The van der Waals surface area contributed by atoms with Crippen molar-refractivity contribution in [3.8, 4) is 11.3 Å². The van der Waals surface area contributed by atoms with Crippen LogP contribution in [0.15, 0.2) is 35.2 Å². The molecule has 0 atom stereocenters. The van der Waals surface area contributed by atoms with Crippen LogP contribution in [0.1, 0.15) is 0 Å². The van der Waals surface area contributed by atoms with Crippen LogP contribution in [0.5, 0.6) is 0 Å². The van der Waals surface area contributed by atoms with Crippen molar-refractivity contribution in [2.45, 2.75) is 0 Å². The molecule has 1 aromatic carbocycles. The molecule has 0 N–H and O–H groups in total. The van der Waals surface area contributed by atoms with E-state index in [1.807, 2.05) is 35.9 Å². The summed E-state index contributed by atoms with van der Waals surface area (Å²) in [5.74, 6) is 0. The largest absolute Gasteiger partial charge is 0.322 e. The second-order valence-corrected chi connectivity index (χ2v) is 4.07. The monoisotopic (exact) mass is 270 g/mol. The summed E-state index contributed by atoms with van der Waals surface area (Å²) in [5.41, 5.74) is 2.00. The minimum Gasteiger partial charge on any atom is -0.322 e. The van der Waals surface area contributed by atoms with Gasteiger partial charge in [-0.05, 0) is 22.0 Å². The molecule has 2 aromatic rings. The second kappa shape index (κ2) is 3.75. The molecule has 14 heavy (non-hydrogen) atoms. The Morgan fingerprint density at radius 1 is 1.36 bits per heavy atom. The molecule has 0 saturated carbocycles. The van der Waals surface area contributed by atoms with Crippen molar-refractivity contribution in [3.05, 3.63) is 40.2 Å². The average molecular weight is 272 g/mol. The van der Waals surface area contributed by atoms with Gasteiger partial charge < -0.3 is 4.57 Å². The molecule has 0 aliphatic heterocycles. The van der Waals surface area contributed by atoms with Gasteiger partial charge in [0.05, 0.1) is 11.9 Å². The van der Waals surface area contributed by atoms with E-state index in [2.05, 4.69) is 20.9 Å². The van der Waals surface area contributed by atoms with E-state index >= 15 is 0 Å². The number of rotatable bonds is 1. The lowest BCUT2D eigenvalue weighted by Crippen LogP contribution is -1.91. The molecule has 0 fully saturated rings.